The summed E-state index contributed by atoms with van der Waals surface area (Å²) in [6.45, 7) is 1.56. The second-order valence-electron chi connectivity index (χ2n) is 3.54. The van der Waals surface area contributed by atoms with Gasteiger partial charge in [-0.1, -0.05) is 23.2 Å². The van der Waals surface area contributed by atoms with Gasteiger partial charge in [0.25, 0.3) is 0 Å². The summed E-state index contributed by atoms with van der Waals surface area (Å²) in [6, 6.07) is 1.98. The Morgan fingerprint density at radius 3 is 3.00 bits per heavy atom. The van der Waals surface area contributed by atoms with Crippen LogP contribution in [0.4, 0.5) is 5.82 Å². The van der Waals surface area contributed by atoms with Gasteiger partial charge >= 0.3 is 0 Å². The fourth-order valence-electron chi connectivity index (χ4n) is 1.57. The minimum atomic E-state index is 0.296. The third-order valence-electron chi connectivity index (χ3n) is 2.31. The van der Waals surface area contributed by atoms with Crippen LogP contribution in [0, 0.1) is 0 Å². The van der Waals surface area contributed by atoms with Gasteiger partial charge in [-0.2, -0.15) is 0 Å². The van der Waals surface area contributed by atoms with Gasteiger partial charge in [-0.05, 0) is 18.9 Å². The van der Waals surface area contributed by atoms with E-state index in [-0.39, 0.29) is 0 Å². The van der Waals surface area contributed by atoms with Crippen LogP contribution >= 0.6 is 23.2 Å². The summed E-state index contributed by atoms with van der Waals surface area (Å²) < 4.78 is 5.36. The summed E-state index contributed by atoms with van der Waals surface area (Å²) in [7, 11) is 0. The number of nitrogens with one attached hydrogen (secondary N) is 1. The van der Waals surface area contributed by atoms with Gasteiger partial charge in [0.1, 0.15) is 5.82 Å². The molecule has 1 N–H and O–H groups in total. The highest BCUT2D eigenvalue weighted by Gasteiger charge is 2.15. The van der Waals surface area contributed by atoms with Gasteiger partial charge in [0.2, 0.25) is 0 Å². The number of halogens is 2. The van der Waals surface area contributed by atoms with Gasteiger partial charge in [0.05, 0.1) is 22.7 Å². The largest absolute Gasteiger partial charge is 0.379 e. The molecule has 0 bridgehead atoms. The summed E-state index contributed by atoms with van der Waals surface area (Å²) in [5, 5.41) is 4.35. The molecule has 82 valence electrons. The fraction of sp³-hybridized carbons (Fsp3) is 0.500. The van der Waals surface area contributed by atoms with E-state index in [9.17, 15) is 0 Å². The molecule has 1 unspecified atom stereocenters. The molecule has 0 aliphatic carbocycles. The lowest BCUT2D eigenvalue weighted by Crippen LogP contribution is -2.30. The zero-order valence-corrected chi connectivity index (χ0v) is 9.68. The third-order valence-corrected chi connectivity index (χ3v) is 2.80. The van der Waals surface area contributed by atoms with Crippen molar-refractivity contribution in [2.24, 2.45) is 0 Å². The Kier molecular flexibility index (Phi) is 3.67. The second kappa shape index (κ2) is 5.01. The van der Waals surface area contributed by atoms with E-state index in [0.717, 1.165) is 19.4 Å². The van der Waals surface area contributed by atoms with Crippen LogP contribution in [0.15, 0.2) is 12.3 Å². The van der Waals surface area contributed by atoms with Crippen LogP contribution in [0.5, 0.6) is 0 Å². The number of hydrogen-bond acceptors (Lipinski definition) is 3. The predicted molar refractivity (Wildman–Crippen MR) is 61.7 cm³/mol. The van der Waals surface area contributed by atoms with Crippen LogP contribution < -0.4 is 5.32 Å². The second-order valence-corrected chi connectivity index (χ2v) is 4.39. The molecule has 0 amide bonds. The van der Waals surface area contributed by atoms with Crippen LogP contribution in [0.25, 0.3) is 0 Å². The Hall–Kier alpha value is -0.510. The van der Waals surface area contributed by atoms with E-state index in [1.165, 1.54) is 0 Å². The van der Waals surface area contributed by atoms with Crippen molar-refractivity contribution in [2.75, 3.05) is 18.5 Å². The van der Waals surface area contributed by atoms with Crippen LogP contribution in [-0.4, -0.2) is 24.2 Å². The first-order valence-corrected chi connectivity index (χ1v) is 5.66. The van der Waals surface area contributed by atoms with Crippen molar-refractivity contribution in [3.05, 3.63) is 22.3 Å². The lowest BCUT2D eigenvalue weighted by molar-refractivity contribution is 0.0875. The van der Waals surface area contributed by atoms with Crippen molar-refractivity contribution in [3.63, 3.8) is 0 Å². The molecule has 1 atom stereocenters. The molecular weight excluding hydrogens is 235 g/mol. The lowest BCUT2D eigenvalue weighted by atomic mass is 10.1. The highest BCUT2D eigenvalue weighted by atomic mass is 35.5. The van der Waals surface area contributed by atoms with Crippen molar-refractivity contribution in [1.29, 1.82) is 0 Å². The van der Waals surface area contributed by atoms with Gasteiger partial charge in [-0.15, -0.1) is 0 Å². The third kappa shape index (κ3) is 2.97. The fourth-order valence-corrected chi connectivity index (χ4v) is 2.00. The van der Waals surface area contributed by atoms with Gasteiger partial charge in [-0.25, -0.2) is 4.98 Å². The van der Waals surface area contributed by atoms with Crippen molar-refractivity contribution in [2.45, 2.75) is 18.9 Å². The summed E-state index contributed by atoms with van der Waals surface area (Å²) in [5.74, 6) is 0.677. The van der Waals surface area contributed by atoms with Crippen molar-refractivity contribution in [1.82, 2.24) is 4.98 Å². The normalized spacial score (nSPS) is 21.3. The molecule has 1 aromatic rings. The van der Waals surface area contributed by atoms with Gasteiger partial charge in [-0.3, -0.25) is 0 Å². The number of anilines is 1. The highest BCUT2D eigenvalue weighted by molar-refractivity contribution is 6.35. The molecule has 1 aliphatic heterocycles. The van der Waals surface area contributed by atoms with E-state index in [4.69, 9.17) is 27.9 Å². The molecule has 0 spiro atoms. The summed E-state index contributed by atoms with van der Waals surface area (Å²) >= 11 is 11.8. The molecule has 15 heavy (non-hydrogen) atoms. The number of pyridine rings is 1. The van der Waals surface area contributed by atoms with Gasteiger partial charge < -0.3 is 10.1 Å². The molecule has 1 aromatic heterocycles. The van der Waals surface area contributed by atoms with Crippen molar-refractivity contribution < 1.29 is 4.74 Å². The molecule has 0 radical (unpaired) electrons. The molecular formula is C10H12Cl2N2O. The monoisotopic (exact) mass is 246 g/mol. The van der Waals surface area contributed by atoms with Crippen LogP contribution in [-0.2, 0) is 4.74 Å². The standard InChI is InChI=1S/C10H12Cl2N2O/c11-7-4-9(12)10(13-5-7)14-8-2-1-3-15-6-8/h4-5,8H,1-3,6H2,(H,13,14). The molecule has 0 saturated carbocycles. The van der Waals surface area contributed by atoms with E-state index in [1.807, 2.05) is 0 Å². The number of ether oxygens (including phenoxy) is 1. The Morgan fingerprint density at radius 2 is 2.33 bits per heavy atom. The van der Waals surface area contributed by atoms with E-state index >= 15 is 0 Å². The number of hydrogen-bond donors (Lipinski definition) is 1. The average Bonchev–Trinajstić information content (AvgIpc) is 2.24. The first kappa shape index (κ1) is 11.0. The molecule has 2 rings (SSSR count). The van der Waals surface area contributed by atoms with Gasteiger partial charge in [0.15, 0.2) is 0 Å². The predicted octanol–water partition coefficient (Wildman–Crippen LogP) is 2.98. The average molecular weight is 247 g/mol. The van der Waals surface area contributed by atoms with Crippen LogP contribution in [0.3, 0.4) is 0 Å². The first-order chi connectivity index (χ1) is 7.25. The molecule has 1 fully saturated rings. The molecule has 0 aromatic carbocycles. The minimum Gasteiger partial charge on any atom is -0.379 e. The van der Waals surface area contributed by atoms with E-state index in [2.05, 4.69) is 10.3 Å². The van der Waals surface area contributed by atoms with E-state index < -0.39 is 0 Å². The number of nitrogens with zero attached hydrogens (tertiary/aromatic N) is 1. The summed E-state index contributed by atoms with van der Waals surface area (Å²) in [4.78, 5) is 4.14. The maximum atomic E-state index is 6.00. The summed E-state index contributed by atoms with van der Waals surface area (Å²) in [5.41, 5.74) is 0. The van der Waals surface area contributed by atoms with Crippen LogP contribution in [0.2, 0.25) is 10.0 Å². The van der Waals surface area contributed by atoms with E-state index in [1.54, 1.807) is 12.3 Å². The molecule has 2 heterocycles. The maximum absolute atomic E-state index is 6.00. The zero-order chi connectivity index (χ0) is 10.7. The zero-order valence-electron chi connectivity index (χ0n) is 8.17. The van der Waals surface area contributed by atoms with E-state index in [0.29, 0.717) is 28.5 Å². The SMILES string of the molecule is Clc1cnc(NC2CCCOC2)c(Cl)c1. The molecule has 1 saturated heterocycles. The summed E-state index contributed by atoms with van der Waals surface area (Å²) in [6.07, 6.45) is 3.74. The molecule has 3 nitrogen and oxygen atoms in total. The highest BCUT2D eigenvalue weighted by Crippen LogP contribution is 2.24. The number of rotatable bonds is 2. The van der Waals surface area contributed by atoms with Crippen LogP contribution in [0.1, 0.15) is 12.8 Å². The molecule has 1 aliphatic rings. The van der Waals surface area contributed by atoms with Gasteiger partial charge in [0, 0.05) is 12.8 Å². The molecule has 5 heteroatoms. The Labute approximate surface area is 98.7 Å². The smallest absolute Gasteiger partial charge is 0.145 e. The quantitative estimate of drug-likeness (QED) is 0.872. The Bertz CT molecular complexity index is 340. The first-order valence-electron chi connectivity index (χ1n) is 4.91. The van der Waals surface area contributed by atoms with Crippen molar-refractivity contribution in [3.8, 4) is 0 Å². The lowest BCUT2D eigenvalue weighted by Gasteiger charge is -2.23. The Balaban J connectivity index is 2.03. The number of aromatic nitrogens is 1. The maximum Gasteiger partial charge on any atom is 0.145 e. The topological polar surface area (TPSA) is 34.2 Å². The Morgan fingerprint density at radius 1 is 1.47 bits per heavy atom. The minimum absolute atomic E-state index is 0.296. The van der Waals surface area contributed by atoms with Crippen molar-refractivity contribution >= 4 is 29.0 Å².